The van der Waals surface area contributed by atoms with Gasteiger partial charge in [0, 0.05) is 12.5 Å². The van der Waals surface area contributed by atoms with Crippen molar-refractivity contribution in [1.29, 1.82) is 0 Å². The first kappa shape index (κ1) is 12.2. The third-order valence-electron chi connectivity index (χ3n) is 3.37. The first-order valence-electron chi connectivity index (χ1n) is 5.74. The second kappa shape index (κ2) is 4.91. The van der Waals surface area contributed by atoms with Crippen LogP contribution in [0.3, 0.4) is 0 Å². The van der Waals surface area contributed by atoms with Crippen LogP contribution >= 0.6 is 12.4 Å². The standard InChI is InChI=1S/C15H15N.ClH/c1-16-10-15-13-8-4-2-6-11(13)12-7-3-5-9-14(12)15;/h2-9,15-16H,10H2,1H3;1H. The van der Waals surface area contributed by atoms with Gasteiger partial charge < -0.3 is 5.32 Å². The quantitative estimate of drug-likeness (QED) is 0.855. The maximum atomic E-state index is 3.29. The molecule has 2 aromatic carbocycles. The van der Waals surface area contributed by atoms with E-state index in [9.17, 15) is 0 Å². The van der Waals surface area contributed by atoms with E-state index >= 15 is 0 Å². The second-order valence-electron chi connectivity index (χ2n) is 4.28. The molecule has 1 aliphatic carbocycles. The molecule has 0 aliphatic heterocycles. The Morgan fingerprint density at radius 1 is 0.882 bits per heavy atom. The Kier molecular flexibility index (Phi) is 3.51. The summed E-state index contributed by atoms with van der Waals surface area (Å²) in [7, 11) is 2.02. The average Bonchev–Trinajstić information content (AvgIpc) is 2.66. The van der Waals surface area contributed by atoms with Crippen molar-refractivity contribution in [3.05, 3.63) is 59.7 Å². The van der Waals surface area contributed by atoms with E-state index in [0.29, 0.717) is 5.92 Å². The summed E-state index contributed by atoms with van der Waals surface area (Å²) in [5.41, 5.74) is 5.72. The summed E-state index contributed by atoms with van der Waals surface area (Å²) in [6.07, 6.45) is 0. The zero-order valence-electron chi connectivity index (χ0n) is 9.81. The lowest BCUT2D eigenvalue weighted by Gasteiger charge is -2.12. The van der Waals surface area contributed by atoms with Crippen molar-refractivity contribution in [2.45, 2.75) is 5.92 Å². The summed E-state index contributed by atoms with van der Waals surface area (Å²) < 4.78 is 0. The van der Waals surface area contributed by atoms with Crippen LogP contribution in [-0.2, 0) is 0 Å². The number of nitrogens with one attached hydrogen (secondary N) is 1. The Morgan fingerprint density at radius 3 is 1.82 bits per heavy atom. The molecule has 0 unspecified atom stereocenters. The van der Waals surface area contributed by atoms with Crippen molar-refractivity contribution in [2.24, 2.45) is 0 Å². The van der Waals surface area contributed by atoms with Gasteiger partial charge in [-0.3, -0.25) is 0 Å². The van der Waals surface area contributed by atoms with Gasteiger partial charge in [0.1, 0.15) is 0 Å². The fraction of sp³-hybridized carbons (Fsp3) is 0.200. The highest BCUT2D eigenvalue weighted by molar-refractivity contribution is 5.85. The Hall–Kier alpha value is -1.31. The molecule has 2 heteroatoms. The third-order valence-corrected chi connectivity index (χ3v) is 3.37. The first-order chi connectivity index (χ1) is 7.92. The average molecular weight is 246 g/mol. The SMILES string of the molecule is CNCC1c2ccccc2-c2ccccc21.Cl. The predicted octanol–water partition coefficient (Wildman–Crippen LogP) is 3.44. The molecule has 2 aromatic rings. The minimum absolute atomic E-state index is 0. The van der Waals surface area contributed by atoms with Gasteiger partial charge in [0.05, 0.1) is 0 Å². The molecule has 0 bridgehead atoms. The molecule has 88 valence electrons. The van der Waals surface area contributed by atoms with E-state index in [2.05, 4.69) is 53.8 Å². The Labute approximate surface area is 108 Å². The third kappa shape index (κ3) is 1.86. The largest absolute Gasteiger partial charge is 0.319 e. The minimum atomic E-state index is 0. The lowest BCUT2D eigenvalue weighted by atomic mass is 9.97. The fourth-order valence-electron chi connectivity index (χ4n) is 2.68. The van der Waals surface area contributed by atoms with Crippen LogP contribution in [0, 0.1) is 0 Å². The van der Waals surface area contributed by atoms with E-state index in [0.717, 1.165) is 6.54 Å². The lowest BCUT2D eigenvalue weighted by molar-refractivity contribution is 0.720. The van der Waals surface area contributed by atoms with Crippen molar-refractivity contribution in [3.8, 4) is 11.1 Å². The number of likely N-dealkylation sites (N-methyl/N-ethyl adjacent to an activating group) is 1. The lowest BCUT2D eigenvalue weighted by Crippen LogP contribution is -2.16. The molecule has 1 N–H and O–H groups in total. The van der Waals surface area contributed by atoms with Crippen molar-refractivity contribution in [3.63, 3.8) is 0 Å². The number of halogens is 1. The monoisotopic (exact) mass is 245 g/mol. The van der Waals surface area contributed by atoms with Crippen LogP contribution in [0.2, 0.25) is 0 Å². The molecule has 0 saturated heterocycles. The fourth-order valence-corrected chi connectivity index (χ4v) is 2.68. The zero-order valence-corrected chi connectivity index (χ0v) is 10.6. The molecule has 0 spiro atoms. The van der Waals surface area contributed by atoms with Gasteiger partial charge in [-0.15, -0.1) is 12.4 Å². The van der Waals surface area contributed by atoms with Crippen molar-refractivity contribution in [2.75, 3.05) is 13.6 Å². The van der Waals surface area contributed by atoms with Crippen molar-refractivity contribution >= 4 is 12.4 Å². The summed E-state index contributed by atoms with van der Waals surface area (Å²) in [6, 6.07) is 17.5. The van der Waals surface area contributed by atoms with Gasteiger partial charge in [-0.1, -0.05) is 48.5 Å². The van der Waals surface area contributed by atoms with Gasteiger partial charge in [0.2, 0.25) is 0 Å². The summed E-state index contributed by atoms with van der Waals surface area (Å²) in [5.74, 6) is 0.511. The molecular weight excluding hydrogens is 230 g/mol. The molecule has 3 rings (SSSR count). The second-order valence-corrected chi connectivity index (χ2v) is 4.28. The molecule has 0 atom stereocenters. The summed E-state index contributed by atoms with van der Waals surface area (Å²) in [5, 5.41) is 3.29. The van der Waals surface area contributed by atoms with E-state index in [4.69, 9.17) is 0 Å². The van der Waals surface area contributed by atoms with Crippen LogP contribution in [0.25, 0.3) is 11.1 Å². The molecule has 1 nitrogen and oxygen atoms in total. The molecule has 0 heterocycles. The molecule has 1 aliphatic rings. The summed E-state index contributed by atoms with van der Waals surface area (Å²) in [4.78, 5) is 0. The van der Waals surface area contributed by atoms with E-state index in [-0.39, 0.29) is 12.4 Å². The molecule has 0 radical (unpaired) electrons. The van der Waals surface area contributed by atoms with E-state index in [1.807, 2.05) is 7.05 Å². The number of hydrogen-bond donors (Lipinski definition) is 1. The van der Waals surface area contributed by atoms with Crippen molar-refractivity contribution in [1.82, 2.24) is 5.32 Å². The van der Waals surface area contributed by atoms with Gasteiger partial charge in [0.15, 0.2) is 0 Å². The topological polar surface area (TPSA) is 12.0 Å². The Balaban J connectivity index is 0.00000108. The highest BCUT2D eigenvalue weighted by Gasteiger charge is 2.26. The highest BCUT2D eigenvalue weighted by atomic mass is 35.5. The molecule has 0 fully saturated rings. The predicted molar refractivity (Wildman–Crippen MR) is 74.9 cm³/mol. The molecular formula is C15H16ClN. The van der Waals surface area contributed by atoms with Crippen LogP contribution in [-0.4, -0.2) is 13.6 Å². The number of fused-ring (bicyclic) bond motifs is 3. The molecule has 0 saturated carbocycles. The minimum Gasteiger partial charge on any atom is -0.319 e. The highest BCUT2D eigenvalue weighted by Crippen LogP contribution is 2.43. The first-order valence-corrected chi connectivity index (χ1v) is 5.74. The number of rotatable bonds is 2. The maximum Gasteiger partial charge on any atom is 0.0226 e. The smallest absolute Gasteiger partial charge is 0.0226 e. The zero-order chi connectivity index (χ0) is 11.0. The Morgan fingerprint density at radius 2 is 1.35 bits per heavy atom. The van der Waals surface area contributed by atoms with Gasteiger partial charge in [0.25, 0.3) is 0 Å². The van der Waals surface area contributed by atoms with Crippen LogP contribution in [0.1, 0.15) is 17.0 Å². The van der Waals surface area contributed by atoms with Gasteiger partial charge in [-0.2, -0.15) is 0 Å². The van der Waals surface area contributed by atoms with Crippen molar-refractivity contribution < 1.29 is 0 Å². The number of hydrogen-bond acceptors (Lipinski definition) is 1. The van der Waals surface area contributed by atoms with E-state index in [1.165, 1.54) is 22.3 Å². The maximum absolute atomic E-state index is 3.29. The van der Waals surface area contributed by atoms with Crippen LogP contribution in [0.4, 0.5) is 0 Å². The molecule has 0 amide bonds. The summed E-state index contributed by atoms with van der Waals surface area (Å²) >= 11 is 0. The van der Waals surface area contributed by atoms with Crippen LogP contribution in [0.5, 0.6) is 0 Å². The normalized spacial score (nSPS) is 12.8. The van der Waals surface area contributed by atoms with Gasteiger partial charge in [-0.05, 0) is 29.3 Å². The number of benzene rings is 2. The van der Waals surface area contributed by atoms with Gasteiger partial charge in [-0.25, -0.2) is 0 Å². The molecule has 17 heavy (non-hydrogen) atoms. The van der Waals surface area contributed by atoms with E-state index in [1.54, 1.807) is 0 Å². The van der Waals surface area contributed by atoms with Crippen LogP contribution < -0.4 is 5.32 Å². The molecule has 0 aromatic heterocycles. The van der Waals surface area contributed by atoms with Gasteiger partial charge >= 0.3 is 0 Å². The van der Waals surface area contributed by atoms with E-state index < -0.39 is 0 Å². The Bertz CT molecular complexity index is 476. The van der Waals surface area contributed by atoms with Crippen LogP contribution in [0.15, 0.2) is 48.5 Å². The summed E-state index contributed by atoms with van der Waals surface area (Å²) in [6.45, 7) is 1.01.